The molecule has 0 aliphatic heterocycles. The van der Waals surface area contributed by atoms with Gasteiger partial charge < -0.3 is 5.32 Å². The topological polar surface area (TPSA) is 89.3 Å². The smallest absolute Gasteiger partial charge is 0.223 e. The van der Waals surface area contributed by atoms with E-state index in [1.807, 2.05) is 0 Å². The fourth-order valence-corrected chi connectivity index (χ4v) is 2.20. The molecule has 70 valence electrons. The Labute approximate surface area is 71.4 Å². The molecule has 1 rings (SSSR count). The molecular weight excluding hydrogens is 180 g/mol. The van der Waals surface area contributed by atoms with E-state index in [2.05, 4.69) is 5.32 Å². The quantitative estimate of drug-likeness (QED) is 0.579. The zero-order valence-electron chi connectivity index (χ0n) is 6.78. The number of primary sulfonamides is 1. The standard InChI is InChI=1S/C6H12N2O3S/c1-8-6(9)5-2-4(5)3-12(7,10)11/h4-5H,2-3H2,1H3,(H,8,9)(H2,7,10,11)/t4-,5+/m0/s1. The predicted octanol–water partition coefficient (Wildman–Crippen LogP) is -1.34. The molecule has 6 heteroatoms. The van der Waals surface area contributed by atoms with Gasteiger partial charge in [0.15, 0.2) is 0 Å². The van der Waals surface area contributed by atoms with Gasteiger partial charge in [-0.2, -0.15) is 0 Å². The largest absolute Gasteiger partial charge is 0.359 e. The van der Waals surface area contributed by atoms with Gasteiger partial charge in [-0.05, 0) is 12.3 Å². The molecule has 0 spiro atoms. The maximum Gasteiger partial charge on any atom is 0.223 e. The summed E-state index contributed by atoms with van der Waals surface area (Å²) in [7, 11) is -1.88. The molecule has 1 amide bonds. The molecule has 0 saturated heterocycles. The molecule has 0 bridgehead atoms. The number of amides is 1. The second-order valence-electron chi connectivity index (χ2n) is 3.05. The number of nitrogens with two attached hydrogens (primary N) is 1. The summed E-state index contributed by atoms with van der Waals surface area (Å²) in [6.07, 6.45) is 0.635. The van der Waals surface area contributed by atoms with Crippen molar-refractivity contribution in [1.29, 1.82) is 0 Å². The van der Waals surface area contributed by atoms with Crippen molar-refractivity contribution in [3.8, 4) is 0 Å². The minimum absolute atomic E-state index is 0.0695. The molecule has 3 N–H and O–H groups in total. The zero-order chi connectivity index (χ0) is 9.35. The van der Waals surface area contributed by atoms with Crippen molar-refractivity contribution >= 4 is 15.9 Å². The van der Waals surface area contributed by atoms with Gasteiger partial charge >= 0.3 is 0 Å². The summed E-state index contributed by atoms with van der Waals surface area (Å²) in [6, 6.07) is 0. The molecule has 1 aliphatic rings. The van der Waals surface area contributed by atoms with Gasteiger partial charge in [-0.3, -0.25) is 4.79 Å². The highest BCUT2D eigenvalue weighted by atomic mass is 32.2. The second kappa shape index (κ2) is 3.02. The van der Waals surface area contributed by atoms with Crippen LogP contribution >= 0.6 is 0 Å². The molecule has 0 heterocycles. The summed E-state index contributed by atoms with van der Waals surface area (Å²) in [5.74, 6) is -0.387. The fourth-order valence-electron chi connectivity index (χ4n) is 1.24. The Morgan fingerprint density at radius 2 is 2.25 bits per heavy atom. The van der Waals surface area contributed by atoms with Crippen LogP contribution in [0.2, 0.25) is 0 Å². The molecule has 0 aromatic carbocycles. The lowest BCUT2D eigenvalue weighted by Gasteiger charge is -1.96. The van der Waals surface area contributed by atoms with Crippen LogP contribution in [0, 0.1) is 11.8 Å². The molecule has 1 fully saturated rings. The minimum Gasteiger partial charge on any atom is -0.359 e. The van der Waals surface area contributed by atoms with Crippen LogP contribution in [0.4, 0.5) is 0 Å². The van der Waals surface area contributed by atoms with Crippen molar-refractivity contribution in [1.82, 2.24) is 5.32 Å². The Balaban J connectivity index is 2.39. The van der Waals surface area contributed by atoms with Crippen molar-refractivity contribution in [2.75, 3.05) is 12.8 Å². The van der Waals surface area contributed by atoms with Crippen LogP contribution < -0.4 is 10.5 Å². The van der Waals surface area contributed by atoms with Crippen LogP contribution in [-0.4, -0.2) is 27.1 Å². The monoisotopic (exact) mass is 192 g/mol. The molecule has 0 aromatic heterocycles. The number of rotatable bonds is 3. The van der Waals surface area contributed by atoms with E-state index in [1.165, 1.54) is 7.05 Å². The zero-order valence-corrected chi connectivity index (χ0v) is 7.60. The SMILES string of the molecule is CNC(=O)[C@@H]1C[C@H]1CS(N)(=O)=O. The van der Waals surface area contributed by atoms with Crippen molar-refractivity contribution in [2.24, 2.45) is 17.0 Å². The van der Waals surface area contributed by atoms with Crippen molar-refractivity contribution in [2.45, 2.75) is 6.42 Å². The third-order valence-electron chi connectivity index (χ3n) is 1.95. The fraction of sp³-hybridized carbons (Fsp3) is 0.833. The highest BCUT2D eigenvalue weighted by molar-refractivity contribution is 7.89. The van der Waals surface area contributed by atoms with Crippen molar-refractivity contribution in [3.05, 3.63) is 0 Å². The van der Waals surface area contributed by atoms with Crippen molar-refractivity contribution in [3.63, 3.8) is 0 Å². The molecule has 0 radical (unpaired) electrons. The number of carbonyl (C=O) groups is 1. The van der Waals surface area contributed by atoms with E-state index in [0.717, 1.165) is 0 Å². The number of nitrogens with one attached hydrogen (secondary N) is 1. The van der Waals surface area contributed by atoms with E-state index in [4.69, 9.17) is 5.14 Å². The van der Waals surface area contributed by atoms with Crippen molar-refractivity contribution < 1.29 is 13.2 Å². The molecule has 1 aliphatic carbocycles. The maximum atomic E-state index is 10.9. The van der Waals surface area contributed by atoms with Gasteiger partial charge in [0, 0.05) is 13.0 Å². The molecule has 1 saturated carbocycles. The first kappa shape index (κ1) is 9.47. The molecular formula is C6H12N2O3S. The lowest BCUT2D eigenvalue weighted by atomic mass is 10.3. The second-order valence-corrected chi connectivity index (χ2v) is 4.71. The Kier molecular flexibility index (Phi) is 2.39. The Bertz CT molecular complexity index is 285. The van der Waals surface area contributed by atoms with Crippen LogP contribution in [-0.2, 0) is 14.8 Å². The van der Waals surface area contributed by atoms with Gasteiger partial charge in [-0.25, -0.2) is 13.6 Å². The van der Waals surface area contributed by atoms with Gasteiger partial charge in [0.25, 0.3) is 0 Å². The number of sulfonamides is 1. The number of hydrogen-bond donors (Lipinski definition) is 2. The van der Waals surface area contributed by atoms with E-state index in [9.17, 15) is 13.2 Å². The summed E-state index contributed by atoms with van der Waals surface area (Å²) in [5.41, 5.74) is 0. The third-order valence-corrected chi connectivity index (χ3v) is 2.84. The lowest BCUT2D eigenvalue weighted by Crippen LogP contribution is -2.23. The van der Waals surface area contributed by atoms with E-state index in [-0.39, 0.29) is 23.5 Å². The first-order chi connectivity index (χ1) is 5.44. The van der Waals surface area contributed by atoms with Crippen LogP contribution in [0.25, 0.3) is 0 Å². The third kappa shape index (κ3) is 2.46. The average Bonchev–Trinajstić information content (AvgIpc) is 2.62. The lowest BCUT2D eigenvalue weighted by molar-refractivity contribution is -0.122. The summed E-state index contributed by atoms with van der Waals surface area (Å²) in [5, 5.41) is 7.29. The molecule has 5 nitrogen and oxygen atoms in total. The van der Waals surface area contributed by atoms with E-state index >= 15 is 0 Å². The number of carbonyl (C=O) groups excluding carboxylic acids is 1. The summed E-state index contributed by atoms with van der Waals surface area (Å²) >= 11 is 0. The first-order valence-electron chi connectivity index (χ1n) is 3.66. The Morgan fingerprint density at radius 3 is 2.67 bits per heavy atom. The van der Waals surface area contributed by atoms with Gasteiger partial charge in [0.05, 0.1) is 5.75 Å². The molecule has 2 atom stereocenters. The van der Waals surface area contributed by atoms with E-state index in [1.54, 1.807) is 0 Å². The summed E-state index contributed by atoms with van der Waals surface area (Å²) < 4.78 is 21.2. The van der Waals surface area contributed by atoms with E-state index < -0.39 is 10.0 Å². The van der Waals surface area contributed by atoms with Gasteiger partial charge in [0.2, 0.25) is 15.9 Å². The normalized spacial score (nSPS) is 28.2. The van der Waals surface area contributed by atoms with Gasteiger partial charge in [-0.1, -0.05) is 0 Å². The number of hydrogen-bond acceptors (Lipinski definition) is 3. The highest BCUT2D eigenvalue weighted by Crippen LogP contribution is 2.39. The minimum atomic E-state index is -3.42. The predicted molar refractivity (Wildman–Crippen MR) is 43.6 cm³/mol. The molecule has 12 heavy (non-hydrogen) atoms. The molecule has 0 unspecified atom stereocenters. The van der Waals surface area contributed by atoms with E-state index in [0.29, 0.717) is 6.42 Å². The van der Waals surface area contributed by atoms with Gasteiger partial charge in [0.1, 0.15) is 0 Å². The van der Waals surface area contributed by atoms with Crippen LogP contribution in [0.1, 0.15) is 6.42 Å². The summed E-state index contributed by atoms with van der Waals surface area (Å²) in [4.78, 5) is 10.9. The molecule has 0 aromatic rings. The Morgan fingerprint density at radius 1 is 1.67 bits per heavy atom. The summed E-state index contributed by atoms with van der Waals surface area (Å²) in [6.45, 7) is 0. The van der Waals surface area contributed by atoms with Crippen LogP contribution in [0.3, 0.4) is 0 Å². The maximum absolute atomic E-state index is 10.9. The first-order valence-corrected chi connectivity index (χ1v) is 5.37. The Hall–Kier alpha value is -0.620. The highest BCUT2D eigenvalue weighted by Gasteiger charge is 2.44. The van der Waals surface area contributed by atoms with Crippen LogP contribution in [0.5, 0.6) is 0 Å². The van der Waals surface area contributed by atoms with Crippen LogP contribution in [0.15, 0.2) is 0 Å². The average molecular weight is 192 g/mol. The van der Waals surface area contributed by atoms with Gasteiger partial charge in [-0.15, -0.1) is 0 Å².